The van der Waals surface area contributed by atoms with Gasteiger partial charge in [0.1, 0.15) is 5.75 Å². The van der Waals surface area contributed by atoms with Crippen molar-refractivity contribution in [3.05, 3.63) is 81.1 Å². The number of carbonyl (C=O) groups excluding carboxylic acids is 1. The maximum Gasteiger partial charge on any atom is 0.276 e. The fourth-order valence-electron chi connectivity index (χ4n) is 2.26. The minimum absolute atomic E-state index is 0.0492. The summed E-state index contributed by atoms with van der Waals surface area (Å²) in [6, 6.07) is 12.4. The normalized spacial score (nSPS) is 10.4. The van der Waals surface area contributed by atoms with Crippen LogP contribution in [-0.4, -0.2) is 20.6 Å². The Morgan fingerprint density at radius 3 is 2.67 bits per heavy atom. The Morgan fingerprint density at radius 2 is 2.00 bits per heavy atom. The van der Waals surface area contributed by atoms with Gasteiger partial charge in [-0.1, -0.05) is 11.6 Å². The number of nitrogens with one attached hydrogen (secondary N) is 1. The first-order valence-electron chi connectivity index (χ1n) is 7.90. The number of aryl methyl sites for hydroxylation is 1. The van der Waals surface area contributed by atoms with Crippen molar-refractivity contribution in [2.24, 2.45) is 0 Å². The van der Waals surface area contributed by atoms with Crippen LogP contribution in [0, 0.1) is 17.0 Å². The van der Waals surface area contributed by atoms with Gasteiger partial charge < -0.3 is 10.1 Å². The molecule has 9 heteroatoms. The third-order valence-electron chi connectivity index (χ3n) is 3.70. The lowest BCUT2D eigenvalue weighted by Gasteiger charge is -2.07. The lowest BCUT2D eigenvalue weighted by Crippen LogP contribution is -2.14. The zero-order valence-electron chi connectivity index (χ0n) is 14.3. The maximum atomic E-state index is 12.2. The highest BCUT2D eigenvalue weighted by Crippen LogP contribution is 2.21. The molecule has 2 aromatic carbocycles. The first kappa shape index (κ1) is 18.4. The summed E-state index contributed by atoms with van der Waals surface area (Å²) in [5.74, 6) is 0.217. The molecule has 0 radical (unpaired) electrons. The quantitative estimate of drug-likeness (QED) is 0.509. The molecule has 0 aliphatic carbocycles. The molecule has 0 spiro atoms. The van der Waals surface area contributed by atoms with E-state index in [4.69, 9.17) is 16.3 Å². The Kier molecular flexibility index (Phi) is 5.37. The van der Waals surface area contributed by atoms with Gasteiger partial charge in [0.25, 0.3) is 11.6 Å². The van der Waals surface area contributed by atoms with Crippen molar-refractivity contribution >= 4 is 28.9 Å². The SMILES string of the molecule is Cc1cc(OCn2ccc(C(=O)Nc3ccc([N+](=O)[O-])cc3)n2)ccc1Cl. The van der Waals surface area contributed by atoms with Crippen LogP contribution in [-0.2, 0) is 6.73 Å². The largest absolute Gasteiger partial charge is 0.471 e. The molecule has 0 aliphatic rings. The van der Waals surface area contributed by atoms with E-state index in [9.17, 15) is 14.9 Å². The van der Waals surface area contributed by atoms with Crippen molar-refractivity contribution < 1.29 is 14.5 Å². The summed E-state index contributed by atoms with van der Waals surface area (Å²) in [6.07, 6.45) is 1.62. The molecule has 1 amide bonds. The van der Waals surface area contributed by atoms with Gasteiger partial charge in [-0.05, 0) is 48.9 Å². The number of anilines is 1. The Balaban J connectivity index is 1.59. The summed E-state index contributed by atoms with van der Waals surface area (Å²) in [5.41, 5.74) is 1.49. The number of halogens is 1. The average Bonchev–Trinajstić information content (AvgIpc) is 3.12. The number of ether oxygens (including phenoxy) is 1. The smallest absolute Gasteiger partial charge is 0.276 e. The van der Waals surface area contributed by atoms with E-state index in [0.29, 0.717) is 16.5 Å². The molecule has 0 bridgehead atoms. The highest BCUT2D eigenvalue weighted by molar-refractivity contribution is 6.31. The van der Waals surface area contributed by atoms with E-state index < -0.39 is 10.8 Å². The molecular weight excluding hydrogens is 372 g/mol. The molecule has 0 aliphatic heterocycles. The Labute approximate surface area is 159 Å². The van der Waals surface area contributed by atoms with E-state index in [1.54, 1.807) is 24.4 Å². The monoisotopic (exact) mass is 386 g/mol. The van der Waals surface area contributed by atoms with Crippen molar-refractivity contribution in [2.75, 3.05) is 5.32 Å². The Hall–Kier alpha value is -3.39. The lowest BCUT2D eigenvalue weighted by molar-refractivity contribution is -0.384. The molecule has 27 heavy (non-hydrogen) atoms. The van der Waals surface area contributed by atoms with Gasteiger partial charge in [0.05, 0.1) is 4.92 Å². The number of hydrogen-bond acceptors (Lipinski definition) is 5. The highest BCUT2D eigenvalue weighted by Gasteiger charge is 2.11. The second kappa shape index (κ2) is 7.88. The molecule has 0 fully saturated rings. The van der Waals surface area contributed by atoms with E-state index in [1.807, 2.05) is 13.0 Å². The van der Waals surface area contributed by atoms with Gasteiger partial charge in [-0.25, -0.2) is 4.68 Å². The summed E-state index contributed by atoms with van der Waals surface area (Å²) in [7, 11) is 0. The third-order valence-corrected chi connectivity index (χ3v) is 4.13. The van der Waals surface area contributed by atoms with Crippen molar-refractivity contribution in [1.29, 1.82) is 0 Å². The number of aromatic nitrogens is 2. The van der Waals surface area contributed by atoms with Crippen LogP contribution in [0.25, 0.3) is 0 Å². The first-order chi connectivity index (χ1) is 12.9. The molecule has 1 aromatic heterocycles. The van der Waals surface area contributed by atoms with E-state index in [1.165, 1.54) is 28.9 Å². The fraction of sp³-hybridized carbons (Fsp3) is 0.111. The van der Waals surface area contributed by atoms with E-state index in [2.05, 4.69) is 10.4 Å². The summed E-state index contributed by atoms with van der Waals surface area (Å²) < 4.78 is 7.10. The molecular formula is C18H15ClN4O4. The molecule has 0 atom stereocenters. The topological polar surface area (TPSA) is 99.3 Å². The van der Waals surface area contributed by atoms with Gasteiger partial charge in [-0.2, -0.15) is 5.10 Å². The Bertz CT molecular complexity index is 985. The molecule has 8 nitrogen and oxygen atoms in total. The van der Waals surface area contributed by atoms with E-state index in [-0.39, 0.29) is 18.1 Å². The van der Waals surface area contributed by atoms with Crippen molar-refractivity contribution in [3.63, 3.8) is 0 Å². The summed E-state index contributed by atoms with van der Waals surface area (Å²) in [6.45, 7) is 2.01. The number of nitro groups is 1. The molecule has 1 heterocycles. The summed E-state index contributed by atoms with van der Waals surface area (Å²) >= 11 is 5.98. The van der Waals surface area contributed by atoms with E-state index >= 15 is 0 Å². The number of nitrogens with zero attached hydrogens (tertiary/aromatic N) is 3. The van der Waals surface area contributed by atoms with Gasteiger partial charge in [0.2, 0.25) is 0 Å². The zero-order chi connectivity index (χ0) is 19.4. The van der Waals surface area contributed by atoms with Crippen LogP contribution in [0.3, 0.4) is 0 Å². The standard InChI is InChI=1S/C18H15ClN4O4/c1-12-10-15(6-7-16(12)19)27-11-22-9-8-17(21-22)18(24)20-13-2-4-14(5-3-13)23(25)26/h2-10H,11H2,1H3,(H,20,24). The molecule has 0 unspecified atom stereocenters. The van der Waals surface area contributed by atoms with Gasteiger partial charge in [0.15, 0.2) is 12.4 Å². The van der Waals surface area contributed by atoms with Gasteiger partial charge in [-0.15, -0.1) is 0 Å². The number of carbonyl (C=O) groups is 1. The number of amides is 1. The van der Waals surface area contributed by atoms with Crippen LogP contribution in [0.4, 0.5) is 11.4 Å². The number of non-ortho nitro benzene ring substituents is 1. The molecule has 3 aromatic rings. The predicted molar refractivity (Wildman–Crippen MR) is 100 cm³/mol. The number of hydrogen-bond donors (Lipinski definition) is 1. The van der Waals surface area contributed by atoms with Crippen LogP contribution in [0.2, 0.25) is 5.02 Å². The second-order valence-electron chi connectivity index (χ2n) is 5.68. The minimum Gasteiger partial charge on any atom is -0.471 e. The number of benzene rings is 2. The zero-order valence-corrected chi connectivity index (χ0v) is 15.0. The van der Waals surface area contributed by atoms with Gasteiger partial charge >= 0.3 is 0 Å². The van der Waals surface area contributed by atoms with Crippen molar-refractivity contribution in [2.45, 2.75) is 13.7 Å². The van der Waals surface area contributed by atoms with Crippen LogP contribution < -0.4 is 10.1 Å². The number of rotatable bonds is 6. The average molecular weight is 387 g/mol. The van der Waals surface area contributed by atoms with Crippen molar-refractivity contribution in [3.8, 4) is 5.75 Å². The summed E-state index contributed by atoms with van der Waals surface area (Å²) in [5, 5.41) is 18.1. The molecule has 3 rings (SSSR count). The maximum absolute atomic E-state index is 12.2. The first-order valence-corrected chi connectivity index (χ1v) is 8.28. The summed E-state index contributed by atoms with van der Waals surface area (Å²) in [4.78, 5) is 22.4. The molecule has 0 saturated carbocycles. The molecule has 0 saturated heterocycles. The third kappa shape index (κ3) is 4.62. The van der Waals surface area contributed by atoms with Crippen LogP contribution >= 0.6 is 11.6 Å². The van der Waals surface area contributed by atoms with E-state index in [0.717, 1.165) is 5.56 Å². The second-order valence-corrected chi connectivity index (χ2v) is 6.09. The molecule has 138 valence electrons. The van der Waals surface area contributed by atoms with Gasteiger partial charge in [0, 0.05) is 29.0 Å². The van der Waals surface area contributed by atoms with Crippen LogP contribution in [0.1, 0.15) is 16.1 Å². The minimum atomic E-state index is -0.505. The predicted octanol–water partition coefficient (Wildman–Crippen LogP) is 4.04. The Morgan fingerprint density at radius 1 is 1.26 bits per heavy atom. The van der Waals surface area contributed by atoms with Gasteiger partial charge in [-0.3, -0.25) is 14.9 Å². The van der Waals surface area contributed by atoms with Crippen molar-refractivity contribution in [1.82, 2.24) is 9.78 Å². The lowest BCUT2D eigenvalue weighted by atomic mass is 10.2. The van der Waals surface area contributed by atoms with Crippen LogP contribution in [0.5, 0.6) is 5.75 Å². The fourth-order valence-corrected chi connectivity index (χ4v) is 2.38. The highest BCUT2D eigenvalue weighted by atomic mass is 35.5. The van der Waals surface area contributed by atoms with Crippen LogP contribution in [0.15, 0.2) is 54.7 Å². The number of nitro benzene ring substituents is 1. The molecule has 1 N–H and O–H groups in total.